The molecule has 0 radical (unpaired) electrons. The molecule has 9 nitrogen and oxygen atoms in total. The lowest BCUT2D eigenvalue weighted by atomic mass is 10.4. The quantitative estimate of drug-likeness (QED) is 0.375. The number of rotatable bonds is 6. The summed E-state index contributed by atoms with van der Waals surface area (Å²) in [5.41, 5.74) is 3.17. The highest BCUT2D eigenvalue weighted by Crippen LogP contribution is 2.23. The zero-order valence-corrected chi connectivity index (χ0v) is 12.5. The number of hydrogen-bond acceptors (Lipinski definition) is 9. The fourth-order valence-corrected chi connectivity index (χ4v) is 2.30. The number of aryl methyl sites for hydroxylation is 1. The van der Waals surface area contributed by atoms with Crippen molar-refractivity contribution >= 4 is 34.5 Å². The van der Waals surface area contributed by atoms with Gasteiger partial charge in [0.05, 0.1) is 24.6 Å². The number of anilines is 1. The van der Waals surface area contributed by atoms with Crippen molar-refractivity contribution in [2.45, 2.75) is 13.8 Å². The summed E-state index contributed by atoms with van der Waals surface area (Å²) in [4.78, 5) is 26.0. The molecule has 2 aromatic rings. The minimum atomic E-state index is -0.638. The van der Waals surface area contributed by atoms with E-state index in [9.17, 15) is 14.9 Å². The molecule has 0 saturated heterocycles. The number of thiazole rings is 1. The van der Waals surface area contributed by atoms with Crippen molar-refractivity contribution in [3.8, 4) is 0 Å². The highest BCUT2D eigenvalue weighted by atomic mass is 32.1. The Bertz CT molecular complexity index is 721. The highest BCUT2D eigenvalue weighted by molar-refractivity contribution is 7.17. The van der Waals surface area contributed by atoms with E-state index in [0.29, 0.717) is 15.7 Å². The van der Waals surface area contributed by atoms with E-state index in [1.54, 1.807) is 13.8 Å². The SMILES string of the molecule is CCOC(=O)c1sc(N/N=C/c2ccc([N+](=O)[O-])o2)nc1C. The zero-order valence-electron chi connectivity index (χ0n) is 11.7. The van der Waals surface area contributed by atoms with Crippen LogP contribution in [0.2, 0.25) is 0 Å². The van der Waals surface area contributed by atoms with Gasteiger partial charge in [-0.1, -0.05) is 11.3 Å². The van der Waals surface area contributed by atoms with Crippen LogP contribution in [0.5, 0.6) is 0 Å². The average molecular weight is 324 g/mol. The number of ether oxygens (including phenoxy) is 1. The van der Waals surface area contributed by atoms with Crippen LogP contribution in [0.1, 0.15) is 28.0 Å². The number of nitrogens with zero attached hydrogens (tertiary/aromatic N) is 3. The molecule has 0 fully saturated rings. The van der Waals surface area contributed by atoms with E-state index >= 15 is 0 Å². The summed E-state index contributed by atoms with van der Waals surface area (Å²) in [5.74, 6) is -0.578. The first-order valence-electron chi connectivity index (χ1n) is 6.19. The Kier molecular flexibility index (Phi) is 4.84. The molecule has 10 heteroatoms. The van der Waals surface area contributed by atoms with Crippen molar-refractivity contribution in [1.29, 1.82) is 0 Å². The first-order valence-corrected chi connectivity index (χ1v) is 7.00. The van der Waals surface area contributed by atoms with Gasteiger partial charge in [-0.3, -0.25) is 15.5 Å². The number of nitro groups is 1. The maximum atomic E-state index is 11.6. The van der Waals surface area contributed by atoms with E-state index in [1.165, 1.54) is 18.3 Å². The third-order valence-corrected chi connectivity index (χ3v) is 3.44. The van der Waals surface area contributed by atoms with Gasteiger partial charge >= 0.3 is 11.9 Å². The van der Waals surface area contributed by atoms with Gasteiger partial charge in [0.2, 0.25) is 5.13 Å². The molecule has 0 spiro atoms. The summed E-state index contributed by atoms with van der Waals surface area (Å²) in [5, 5.41) is 14.7. The predicted molar refractivity (Wildman–Crippen MR) is 79.4 cm³/mol. The number of nitrogens with one attached hydrogen (secondary N) is 1. The molecule has 0 aliphatic carbocycles. The molecule has 0 amide bonds. The molecule has 0 bridgehead atoms. The van der Waals surface area contributed by atoms with Crippen LogP contribution in [-0.2, 0) is 4.74 Å². The van der Waals surface area contributed by atoms with Gasteiger partial charge in [0.1, 0.15) is 9.80 Å². The Labute approximate surface area is 128 Å². The van der Waals surface area contributed by atoms with Crippen LogP contribution in [0.4, 0.5) is 11.0 Å². The standard InChI is InChI=1S/C12H12N4O5S/c1-3-20-11(17)10-7(2)14-12(22-10)15-13-6-8-4-5-9(21-8)16(18)19/h4-6H,3H2,1-2H3,(H,14,15)/b13-6+. The van der Waals surface area contributed by atoms with Crippen LogP contribution in [0.25, 0.3) is 0 Å². The molecule has 0 atom stereocenters. The van der Waals surface area contributed by atoms with E-state index < -0.39 is 10.9 Å². The number of carbonyl (C=O) groups excluding carboxylic acids is 1. The Morgan fingerprint density at radius 2 is 2.41 bits per heavy atom. The van der Waals surface area contributed by atoms with Crippen LogP contribution in [-0.4, -0.2) is 28.7 Å². The Hall–Kier alpha value is -2.75. The summed E-state index contributed by atoms with van der Waals surface area (Å²) in [6, 6.07) is 2.65. The third kappa shape index (κ3) is 3.67. The van der Waals surface area contributed by atoms with Crippen molar-refractivity contribution in [3.05, 3.63) is 38.6 Å². The van der Waals surface area contributed by atoms with Gasteiger partial charge in [0.25, 0.3) is 0 Å². The van der Waals surface area contributed by atoms with Gasteiger partial charge in [0, 0.05) is 0 Å². The predicted octanol–water partition coefficient (Wildman–Crippen LogP) is 2.58. The first kappa shape index (κ1) is 15.6. The fourth-order valence-electron chi connectivity index (χ4n) is 1.49. The van der Waals surface area contributed by atoms with Crippen molar-refractivity contribution in [2.75, 3.05) is 12.0 Å². The molecule has 2 heterocycles. The molecule has 1 N–H and O–H groups in total. The largest absolute Gasteiger partial charge is 0.462 e. The second kappa shape index (κ2) is 6.80. The molecule has 0 aliphatic heterocycles. The maximum Gasteiger partial charge on any atom is 0.433 e. The van der Waals surface area contributed by atoms with E-state index in [2.05, 4.69) is 15.5 Å². The number of esters is 1. The van der Waals surface area contributed by atoms with Crippen molar-refractivity contribution in [1.82, 2.24) is 4.98 Å². The van der Waals surface area contributed by atoms with E-state index in [4.69, 9.17) is 9.15 Å². The molecule has 0 aliphatic rings. The molecule has 0 unspecified atom stereocenters. The van der Waals surface area contributed by atoms with Crippen molar-refractivity contribution in [2.24, 2.45) is 5.10 Å². The summed E-state index contributed by atoms with van der Waals surface area (Å²) in [6.07, 6.45) is 1.27. The second-order valence-corrected chi connectivity index (χ2v) is 4.96. The van der Waals surface area contributed by atoms with E-state index in [1.807, 2.05) is 0 Å². The van der Waals surface area contributed by atoms with Gasteiger partial charge in [-0.15, -0.1) is 0 Å². The number of furan rings is 1. The average Bonchev–Trinajstić information content (AvgIpc) is 3.06. The van der Waals surface area contributed by atoms with Crippen LogP contribution in [0.3, 0.4) is 0 Å². The third-order valence-electron chi connectivity index (χ3n) is 2.40. The molecular weight excluding hydrogens is 312 g/mol. The van der Waals surface area contributed by atoms with E-state index in [0.717, 1.165) is 11.3 Å². The Morgan fingerprint density at radius 3 is 3.05 bits per heavy atom. The number of hydrazone groups is 1. The Balaban J connectivity index is 2.02. The monoisotopic (exact) mass is 324 g/mol. The molecule has 0 saturated carbocycles. The van der Waals surface area contributed by atoms with Gasteiger partial charge in [-0.25, -0.2) is 9.78 Å². The molecule has 2 rings (SSSR count). The van der Waals surface area contributed by atoms with E-state index in [-0.39, 0.29) is 18.3 Å². The van der Waals surface area contributed by atoms with Gasteiger partial charge in [0.15, 0.2) is 5.76 Å². The van der Waals surface area contributed by atoms with Crippen LogP contribution >= 0.6 is 11.3 Å². The molecular formula is C12H12N4O5S. The lowest BCUT2D eigenvalue weighted by Gasteiger charge is -1.97. The minimum Gasteiger partial charge on any atom is -0.462 e. The zero-order chi connectivity index (χ0) is 16.1. The smallest absolute Gasteiger partial charge is 0.433 e. The first-order chi connectivity index (χ1) is 10.5. The molecule has 2 aromatic heterocycles. The number of aromatic nitrogens is 1. The number of carbonyl (C=O) groups is 1. The van der Waals surface area contributed by atoms with Gasteiger partial charge in [-0.05, 0) is 19.9 Å². The molecule has 116 valence electrons. The minimum absolute atomic E-state index is 0.220. The van der Waals surface area contributed by atoms with Crippen LogP contribution in [0.15, 0.2) is 21.7 Å². The lowest BCUT2D eigenvalue weighted by molar-refractivity contribution is -0.402. The molecule has 0 aromatic carbocycles. The maximum absolute atomic E-state index is 11.6. The summed E-state index contributed by atoms with van der Waals surface area (Å²) in [7, 11) is 0. The molecule has 22 heavy (non-hydrogen) atoms. The van der Waals surface area contributed by atoms with Gasteiger partial charge in [-0.2, -0.15) is 5.10 Å². The van der Waals surface area contributed by atoms with Crippen molar-refractivity contribution < 1.29 is 18.9 Å². The topological polar surface area (TPSA) is 120 Å². The summed E-state index contributed by atoms with van der Waals surface area (Å²) in [6.45, 7) is 3.70. The fraction of sp³-hybridized carbons (Fsp3) is 0.250. The summed E-state index contributed by atoms with van der Waals surface area (Å²) < 4.78 is 9.81. The van der Waals surface area contributed by atoms with Crippen LogP contribution < -0.4 is 5.43 Å². The van der Waals surface area contributed by atoms with Crippen molar-refractivity contribution in [3.63, 3.8) is 0 Å². The summed E-state index contributed by atoms with van der Waals surface area (Å²) >= 11 is 1.10. The van der Waals surface area contributed by atoms with Crippen LogP contribution in [0, 0.1) is 17.0 Å². The normalized spacial score (nSPS) is 10.8. The lowest BCUT2D eigenvalue weighted by Crippen LogP contribution is -2.03. The van der Waals surface area contributed by atoms with Gasteiger partial charge < -0.3 is 9.15 Å². The Morgan fingerprint density at radius 1 is 1.64 bits per heavy atom. The number of hydrogen-bond donors (Lipinski definition) is 1. The second-order valence-electron chi connectivity index (χ2n) is 3.96. The highest BCUT2D eigenvalue weighted by Gasteiger charge is 2.16.